The van der Waals surface area contributed by atoms with Gasteiger partial charge in [0.25, 0.3) is 0 Å². The average molecular weight is 423 g/mol. The summed E-state index contributed by atoms with van der Waals surface area (Å²) in [4.78, 5) is 14.5. The van der Waals surface area contributed by atoms with Gasteiger partial charge in [0.15, 0.2) is 5.82 Å². The van der Waals surface area contributed by atoms with E-state index in [0.717, 1.165) is 59.1 Å². The van der Waals surface area contributed by atoms with Crippen molar-refractivity contribution in [1.29, 1.82) is 0 Å². The molecule has 3 aromatic heterocycles. The van der Waals surface area contributed by atoms with Crippen molar-refractivity contribution in [2.24, 2.45) is 0 Å². The van der Waals surface area contributed by atoms with Crippen molar-refractivity contribution in [3.05, 3.63) is 35.4 Å². The van der Waals surface area contributed by atoms with Crippen molar-refractivity contribution in [3.63, 3.8) is 0 Å². The maximum atomic E-state index is 5.59. The normalized spacial score (nSPS) is 22.5. The lowest BCUT2D eigenvalue weighted by molar-refractivity contribution is 0.137. The molecule has 2 aliphatic heterocycles. The smallest absolute Gasteiger partial charge is 0.161 e. The van der Waals surface area contributed by atoms with Crippen molar-refractivity contribution in [3.8, 4) is 0 Å². The zero-order chi connectivity index (χ0) is 21.4. The van der Waals surface area contributed by atoms with E-state index in [-0.39, 0.29) is 6.04 Å². The summed E-state index contributed by atoms with van der Waals surface area (Å²) in [7, 11) is 0. The first kappa shape index (κ1) is 20.3. The van der Waals surface area contributed by atoms with E-state index in [2.05, 4.69) is 34.8 Å². The van der Waals surface area contributed by atoms with Crippen LogP contribution < -0.4 is 16.0 Å². The van der Waals surface area contributed by atoms with Gasteiger partial charge in [-0.1, -0.05) is 6.92 Å². The van der Waals surface area contributed by atoms with E-state index < -0.39 is 0 Å². The van der Waals surface area contributed by atoms with Gasteiger partial charge in [-0.15, -0.1) is 0 Å². The molecule has 0 aliphatic carbocycles. The van der Waals surface area contributed by atoms with Gasteiger partial charge in [-0.25, -0.2) is 15.0 Å². The van der Waals surface area contributed by atoms with Crippen LogP contribution in [0.2, 0.25) is 0 Å². The zero-order valence-electron chi connectivity index (χ0n) is 18.4. The van der Waals surface area contributed by atoms with Gasteiger partial charge in [0.2, 0.25) is 0 Å². The fraction of sp³-hybridized carbons (Fsp3) is 0.545. The summed E-state index contributed by atoms with van der Waals surface area (Å²) in [5.74, 6) is 2.31. The Kier molecular flexibility index (Phi) is 5.56. The molecule has 2 fully saturated rings. The van der Waals surface area contributed by atoms with Gasteiger partial charge in [0.1, 0.15) is 22.7 Å². The Balaban J connectivity index is 1.61. The molecule has 31 heavy (non-hydrogen) atoms. The number of hydrogen-bond donors (Lipinski definition) is 3. The van der Waals surface area contributed by atoms with Crippen molar-refractivity contribution in [1.82, 2.24) is 35.4 Å². The van der Waals surface area contributed by atoms with Crippen LogP contribution in [0.25, 0.3) is 11.0 Å². The average Bonchev–Trinajstić information content (AvgIpc) is 3.48. The first-order valence-corrected chi connectivity index (χ1v) is 11.2. The van der Waals surface area contributed by atoms with Crippen molar-refractivity contribution < 1.29 is 4.74 Å². The summed E-state index contributed by atoms with van der Waals surface area (Å²) in [6.45, 7) is 9.11. The van der Waals surface area contributed by atoms with Crippen LogP contribution in [0.15, 0.2) is 18.3 Å². The SMILES string of the molecule is CCOCCn1nc(CC)c2nc(C3N[C@@H]4CN[C@H]3C4)nc(Nc3cc(C)ccn3)c21. The number of hydrogen-bond acceptors (Lipinski definition) is 8. The van der Waals surface area contributed by atoms with Crippen LogP contribution in [0.4, 0.5) is 11.6 Å². The Labute approximate surface area is 182 Å². The van der Waals surface area contributed by atoms with Crippen LogP contribution in [0.5, 0.6) is 0 Å². The van der Waals surface area contributed by atoms with E-state index in [1.165, 1.54) is 0 Å². The number of ether oxygens (including phenoxy) is 1. The summed E-state index contributed by atoms with van der Waals surface area (Å²) >= 11 is 0. The number of aryl methyl sites for hydroxylation is 2. The van der Waals surface area contributed by atoms with Crippen LogP contribution >= 0.6 is 0 Å². The number of aromatic nitrogens is 5. The van der Waals surface area contributed by atoms with Crippen LogP contribution in [-0.2, 0) is 17.7 Å². The summed E-state index contributed by atoms with van der Waals surface area (Å²) < 4.78 is 7.56. The second-order valence-electron chi connectivity index (χ2n) is 8.28. The second-order valence-corrected chi connectivity index (χ2v) is 8.28. The molecule has 3 aromatic rings. The predicted molar refractivity (Wildman–Crippen MR) is 120 cm³/mol. The van der Waals surface area contributed by atoms with Gasteiger partial charge in [0, 0.05) is 31.4 Å². The molecule has 0 saturated carbocycles. The summed E-state index contributed by atoms with van der Waals surface area (Å²) in [5.41, 5.74) is 3.93. The lowest BCUT2D eigenvalue weighted by Gasteiger charge is -2.23. The fourth-order valence-corrected chi connectivity index (χ4v) is 4.58. The van der Waals surface area contributed by atoms with Crippen LogP contribution in [0.3, 0.4) is 0 Å². The standard InChI is InChI=1S/C22H30N8O/c1-4-15-18-20(30(29-15)8-9-31-5-2)22(26-17-10-13(3)6-7-23-17)28-21(27-18)19-16-11-14(25-19)12-24-16/h6-7,10,14,16,19,24-25H,4-5,8-9,11-12H2,1-3H3,(H,23,26,27,28)/t14-,16-,19?/m0/s1. The molecule has 9 heteroatoms. The highest BCUT2D eigenvalue weighted by Crippen LogP contribution is 2.33. The van der Waals surface area contributed by atoms with E-state index in [1.54, 1.807) is 0 Å². The third-order valence-corrected chi connectivity index (χ3v) is 6.08. The number of anilines is 2. The Morgan fingerprint density at radius 1 is 1.29 bits per heavy atom. The molecule has 5 rings (SSSR count). The maximum Gasteiger partial charge on any atom is 0.161 e. The quantitative estimate of drug-likeness (QED) is 0.475. The van der Waals surface area contributed by atoms with Crippen LogP contribution in [0.1, 0.15) is 43.4 Å². The van der Waals surface area contributed by atoms with Crippen LogP contribution in [0, 0.1) is 6.92 Å². The minimum absolute atomic E-state index is 0.102. The zero-order valence-corrected chi connectivity index (χ0v) is 18.4. The third kappa shape index (κ3) is 3.88. The van der Waals surface area contributed by atoms with Gasteiger partial charge in [-0.05, 0) is 44.4 Å². The number of nitrogens with zero attached hydrogens (tertiary/aromatic N) is 5. The molecular formula is C22H30N8O. The number of piperazine rings is 1. The molecule has 1 unspecified atom stereocenters. The minimum Gasteiger partial charge on any atom is -0.380 e. The Morgan fingerprint density at radius 3 is 2.90 bits per heavy atom. The summed E-state index contributed by atoms with van der Waals surface area (Å²) in [5, 5.41) is 15.6. The molecule has 2 saturated heterocycles. The van der Waals surface area contributed by atoms with Crippen molar-refractivity contribution >= 4 is 22.7 Å². The lowest BCUT2D eigenvalue weighted by Crippen LogP contribution is -2.43. The Bertz CT molecular complexity index is 1080. The first-order valence-electron chi connectivity index (χ1n) is 11.2. The number of fused-ring (bicyclic) bond motifs is 3. The van der Waals surface area contributed by atoms with E-state index in [9.17, 15) is 0 Å². The van der Waals surface area contributed by atoms with E-state index in [4.69, 9.17) is 19.8 Å². The fourth-order valence-electron chi connectivity index (χ4n) is 4.58. The number of pyridine rings is 1. The second kappa shape index (κ2) is 8.49. The molecule has 3 atom stereocenters. The minimum atomic E-state index is 0.102. The molecule has 0 amide bonds. The molecule has 164 valence electrons. The summed E-state index contributed by atoms with van der Waals surface area (Å²) in [6.07, 6.45) is 3.73. The van der Waals surface area contributed by atoms with Crippen molar-refractivity contribution in [2.75, 3.05) is 25.1 Å². The monoisotopic (exact) mass is 422 g/mol. The van der Waals surface area contributed by atoms with Gasteiger partial charge in [-0.2, -0.15) is 5.10 Å². The van der Waals surface area contributed by atoms with E-state index in [0.29, 0.717) is 31.8 Å². The number of rotatable bonds is 8. The van der Waals surface area contributed by atoms with Gasteiger partial charge in [-0.3, -0.25) is 4.68 Å². The Morgan fingerprint density at radius 2 is 2.19 bits per heavy atom. The molecular weight excluding hydrogens is 392 g/mol. The molecule has 2 bridgehead atoms. The largest absolute Gasteiger partial charge is 0.380 e. The predicted octanol–water partition coefficient (Wildman–Crippen LogP) is 2.25. The topological polar surface area (TPSA) is 102 Å². The molecule has 0 spiro atoms. The maximum absolute atomic E-state index is 5.59. The molecule has 2 aliphatic rings. The van der Waals surface area contributed by atoms with Gasteiger partial charge in [0.05, 0.1) is 24.9 Å². The first-order chi connectivity index (χ1) is 15.2. The van der Waals surface area contributed by atoms with E-state index >= 15 is 0 Å². The Hall–Kier alpha value is -2.62. The highest BCUT2D eigenvalue weighted by atomic mass is 16.5. The van der Waals surface area contributed by atoms with E-state index in [1.807, 2.05) is 29.9 Å². The summed E-state index contributed by atoms with van der Waals surface area (Å²) in [6, 6.07) is 4.96. The van der Waals surface area contributed by atoms with Crippen LogP contribution in [-0.4, -0.2) is 56.6 Å². The van der Waals surface area contributed by atoms with Gasteiger partial charge < -0.3 is 20.7 Å². The molecule has 0 aromatic carbocycles. The highest BCUT2D eigenvalue weighted by Gasteiger charge is 2.41. The highest BCUT2D eigenvalue weighted by molar-refractivity contribution is 5.89. The van der Waals surface area contributed by atoms with Gasteiger partial charge >= 0.3 is 0 Å². The number of nitrogens with one attached hydrogen (secondary N) is 3. The lowest BCUT2D eigenvalue weighted by atomic mass is 10.1. The molecule has 3 N–H and O–H groups in total. The third-order valence-electron chi connectivity index (χ3n) is 6.08. The molecule has 9 nitrogen and oxygen atoms in total. The molecule has 5 heterocycles. The molecule has 0 radical (unpaired) electrons. The van der Waals surface area contributed by atoms with Crippen molar-refractivity contribution in [2.45, 2.75) is 58.3 Å².